The molecule has 0 unspecified atom stereocenters. The van der Waals surface area contributed by atoms with Gasteiger partial charge < -0.3 is 10.0 Å². The maximum atomic E-state index is 12.1. The highest BCUT2D eigenvalue weighted by atomic mass is 32.2. The summed E-state index contributed by atoms with van der Waals surface area (Å²) in [4.78, 5) is 25.2. The topological polar surface area (TPSA) is 74.7 Å². The van der Waals surface area contributed by atoms with Crippen molar-refractivity contribution in [2.45, 2.75) is 32.1 Å². The third-order valence-corrected chi connectivity index (χ3v) is 5.31. The molecule has 2 fully saturated rings. The quantitative estimate of drug-likeness (QED) is 0.817. The second-order valence-corrected chi connectivity index (χ2v) is 6.89. The van der Waals surface area contributed by atoms with Crippen molar-refractivity contribution in [2.75, 3.05) is 24.6 Å². The molecular weight excluding hydrogens is 254 g/mol. The van der Waals surface area contributed by atoms with Gasteiger partial charge in [0.05, 0.1) is 5.41 Å². The van der Waals surface area contributed by atoms with E-state index in [0.717, 1.165) is 12.8 Å². The first-order valence-corrected chi connectivity index (χ1v) is 7.88. The van der Waals surface area contributed by atoms with Gasteiger partial charge in [-0.05, 0) is 12.8 Å². The predicted molar refractivity (Wildman–Crippen MR) is 67.6 cm³/mol. The molecule has 0 bridgehead atoms. The zero-order valence-corrected chi connectivity index (χ0v) is 11.2. The van der Waals surface area contributed by atoms with Crippen LogP contribution in [-0.4, -0.2) is 50.7 Å². The predicted octanol–water partition coefficient (Wildman–Crippen LogP) is 0.612. The average Bonchev–Trinajstić information content (AvgIpc) is 2.79. The van der Waals surface area contributed by atoms with E-state index in [0.29, 0.717) is 37.4 Å². The summed E-state index contributed by atoms with van der Waals surface area (Å²) < 4.78 is 11.2. The zero-order chi connectivity index (χ0) is 13.2. The summed E-state index contributed by atoms with van der Waals surface area (Å²) in [7, 11) is -0.811. The third-order valence-electron chi connectivity index (χ3n) is 4.03. The smallest absolute Gasteiger partial charge is 0.310 e. The Morgan fingerprint density at radius 2 is 1.72 bits per heavy atom. The lowest BCUT2D eigenvalue weighted by atomic mass is 9.82. The number of hydrogen-bond acceptors (Lipinski definition) is 3. The Kier molecular flexibility index (Phi) is 4.04. The number of carbonyl (C=O) groups excluding carboxylic acids is 1. The fourth-order valence-corrected chi connectivity index (χ4v) is 3.86. The molecule has 5 nitrogen and oxygen atoms in total. The molecule has 1 N–H and O–H groups in total. The molecule has 0 spiro atoms. The second-order valence-electron chi connectivity index (χ2n) is 5.20. The van der Waals surface area contributed by atoms with E-state index in [2.05, 4.69) is 0 Å². The highest BCUT2D eigenvalue weighted by Crippen LogP contribution is 2.41. The van der Waals surface area contributed by atoms with E-state index in [1.54, 1.807) is 4.90 Å². The lowest BCUT2D eigenvalue weighted by Crippen LogP contribution is -2.44. The Labute approximate surface area is 109 Å². The van der Waals surface area contributed by atoms with E-state index >= 15 is 0 Å². The van der Waals surface area contributed by atoms with E-state index in [4.69, 9.17) is 0 Å². The first kappa shape index (κ1) is 13.5. The summed E-state index contributed by atoms with van der Waals surface area (Å²) in [6, 6.07) is 0. The Hall–Kier alpha value is -0.910. The van der Waals surface area contributed by atoms with Crippen molar-refractivity contribution in [3.63, 3.8) is 0 Å². The van der Waals surface area contributed by atoms with E-state index in [-0.39, 0.29) is 12.3 Å². The van der Waals surface area contributed by atoms with E-state index in [1.807, 2.05) is 0 Å². The van der Waals surface area contributed by atoms with Gasteiger partial charge in [-0.2, -0.15) is 0 Å². The van der Waals surface area contributed by atoms with Crippen LogP contribution in [0.3, 0.4) is 0 Å². The number of hydrogen-bond donors (Lipinski definition) is 1. The SMILES string of the molecule is O=C(CC1(C(=O)O)CCCC1)N1CCS(=O)CC1. The third kappa shape index (κ3) is 2.74. The minimum atomic E-state index is -0.840. The molecule has 1 heterocycles. The minimum Gasteiger partial charge on any atom is -0.481 e. The minimum absolute atomic E-state index is 0.0870. The molecule has 0 aromatic carbocycles. The monoisotopic (exact) mass is 273 g/mol. The number of amides is 1. The maximum absolute atomic E-state index is 12.1. The summed E-state index contributed by atoms with van der Waals surface area (Å²) in [6.07, 6.45) is 3.10. The van der Waals surface area contributed by atoms with Crippen LogP contribution in [0.15, 0.2) is 0 Å². The van der Waals surface area contributed by atoms with Gasteiger partial charge in [0.1, 0.15) is 0 Å². The number of carboxylic acid groups (broad SMARTS) is 1. The normalized spacial score (nSPS) is 24.1. The number of nitrogens with zero attached hydrogens (tertiary/aromatic N) is 1. The summed E-state index contributed by atoms with van der Waals surface area (Å²) in [5, 5.41) is 9.33. The molecule has 18 heavy (non-hydrogen) atoms. The largest absolute Gasteiger partial charge is 0.481 e. The Morgan fingerprint density at radius 1 is 1.17 bits per heavy atom. The van der Waals surface area contributed by atoms with Crippen LogP contribution in [0.4, 0.5) is 0 Å². The fraction of sp³-hybridized carbons (Fsp3) is 0.833. The Bertz CT molecular complexity index is 366. The fourth-order valence-electron chi connectivity index (χ4n) is 2.81. The van der Waals surface area contributed by atoms with Crippen molar-refractivity contribution in [1.29, 1.82) is 0 Å². The molecule has 0 atom stereocenters. The molecule has 1 saturated heterocycles. The van der Waals surface area contributed by atoms with Gasteiger partial charge in [0.15, 0.2) is 0 Å². The Morgan fingerprint density at radius 3 is 2.22 bits per heavy atom. The standard InChI is InChI=1S/C12H19NO4S/c14-10(13-5-7-18(17)8-6-13)9-12(11(15)16)3-1-2-4-12/h1-9H2,(H,15,16). The van der Waals surface area contributed by atoms with Crippen molar-refractivity contribution in [1.82, 2.24) is 4.90 Å². The van der Waals surface area contributed by atoms with Crippen LogP contribution in [0.5, 0.6) is 0 Å². The van der Waals surface area contributed by atoms with E-state index in [9.17, 15) is 18.9 Å². The summed E-state index contributed by atoms with van der Waals surface area (Å²) in [5.74, 6) is 0.113. The van der Waals surface area contributed by atoms with Crippen LogP contribution in [0.2, 0.25) is 0 Å². The van der Waals surface area contributed by atoms with Gasteiger partial charge in [-0.3, -0.25) is 13.8 Å². The Balaban J connectivity index is 1.97. The van der Waals surface area contributed by atoms with Crippen LogP contribution in [-0.2, 0) is 20.4 Å². The molecule has 0 aromatic rings. The molecule has 6 heteroatoms. The van der Waals surface area contributed by atoms with Crippen LogP contribution >= 0.6 is 0 Å². The van der Waals surface area contributed by atoms with Gasteiger partial charge in [-0.1, -0.05) is 12.8 Å². The van der Waals surface area contributed by atoms with Crippen LogP contribution in [0, 0.1) is 5.41 Å². The average molecular weight is 273 g/mol. The van der Waals surface area contributed by atoms with E-state index < -0.39 is 22.2 Å². The number of aliphatic carboxylic acids is 1. The number of rotatable bonds is 3. The summed E-state index contributed by atoms with van der Waals surface area (Å²) in [6.45, 7) is 1.00. The maximum Gasteiger partial charge on any atom is 0.310 e. The van der Waals surface area contributed by atoms with Gasteiger partial charge in [0.2, 0.25) is 5.91 Å². The highest BCUT2D eigenvalue weighted by molar-refractivity contribution is 7.85. The van der Waals surface area contributed by atoms with Crippen LogP contribution in [0.1, 0.15) is 32.1 Å². The highest BCUT2D eigenvalue weighted by Gasteiger charge is 2.43. The van der Waals surface area contributed by atoms with Crippen molar-refractivity contribution in [2.24, 2.45) is 5.41 Å². The van der Waals surface area contributed by atoms with Gasteiger partial charge >= 0.3 is 5.97 Å². The molecule has 1 aliphatic carbocycles. The first-order valence-electron chi connectivity index (χ1n) is 6.40. The first-order chi connectivity index (χ1) is 8.53. The lowest BCUT2D eigenvalue weighted by Gasteiger charge is -2.30. The molecule has 0 radical (unpaired) electrons. The van der Waals surface area contributed by atoms with Gasteiger partial charge in [-0.25, -0.2) is 0 Å². The zero-order valence-electron chi connectivity index (χ0n) is 10.4. The van der Waals surface area contributed by atoms with Gasteiger partial charge in [0, 0.05) is 41.8 Å². The molecule has 1 amide bonds. The van der Waals surface area contributed by atoms with Crippen molar-refractivity contribution < 1.29 is 18.9 Å². The molecule has 2 aliphatic rings. The van der Waals surface area contributed by atoms with Gasteiger partial charge in [0.25, 0.3) is 0 Å². The van der Waals surface area contributed by atoms with Crippen LogP contribution in [0.25, 0.3) is 0 Å². The molecule has 102 valence electrons. The van der Waals surface area contributed by atoms with Crippen LogP contribution < -0.4 is 0 Å². The molecule has 0 aromatic heterocycles. The van der Waals surface area contributed by atoms with Crippen molar-refractivity contribution in [3.8, 4) is 0 Å². The second kappa shape index (κ2) is 5.38. The molecular formula is C12H19NO4S. The van der Waals surface area contributed by atoms with Crippen molar-refractivity contribution >= 4 is 22.7 Å². The molecule has 1 aliphatic heterocycles. The summed E-state index contributed by atoms with van der Waals surface area (Å²) in [5.41, 5.74) is -0.840. The van der Waals surface area contributed by atoms with Crippen molar-refractivity contribution in [3.05, 3.63) is 0 Å². The summed E-state index contributed by atoms with van der Waals surface area (Å²) >= 11 is 0. The van der Waals surface area contributed by atoms with E-state index in [1.165, 1.54) is 0 Å². The number of carboxylic acids is 1. The number of carbonyl (C=O) groups is 2. The lowest BCUT2D eigenvalue weighted by molar-refractivity contribution is -0.153. The molecule has 1 saturated carbocycles. The van der Waals surface area contributed by atoms with Gasteiger partial charge in [-0.15, -0.1) is 0 Å². The molecule has 2 rings (SSSR count).